The Kier molecular flexibility index (Phi) is 4.13. The molecule has 86 valence electrons. The summed E-state index contributed by atoms with van der Waals surface area (Å²) < 4.78 is 26.3. The van der Waals surface area contributed by atoms with Crippen molar-refractivity contribution >= 4 is 12.0 Å². The minimum Gasteiger partial charge on any atom is -0.481 e. The largest absolute Gasteiger partial charge is 0.481 e. The van der Waals surface area contributed by atoms with E-state index >= 15 is 0 Å². The predicted molar refractivity (Wildman–Crippen MR) is 53.6 cm³/mol. The van der Waals surface area contributed by atoms with Gasteiger partial charge in [-0.3, -0.25) is 4.79 Å². The molecular formula is C11H10F2O3. The van der Waals surface area contributed by atoms with Gasteiger partial charge in [0.05, 0.1) is 13.0 Å². The number of aliphatic hydroxyl groups is 1. The number of carbonyl (C=O) groups is 1. The molecule has 0 bridgehead atoms. The fraction of sp³-hybridized carbons (Fsp3) is 0.182. The summed E-state index contributed by atoms with van der Waals surface area (Å²) in [4.78, 5) is 10.2. The van der Waals surface area contributed by atoms with E-state index in [1.807, 2.05) is 0 Å². The molecule has 0 aliphatic rings. The molecule has 0 aliphatic heterocycles. The molecule has 0 unspecified atom stereocenters. The van der Waals surface area contributed by atoms with Crippen LogP contribution in [-0.2, 0) is 11.4 Å². The first-order chi connectivity index (χ1) is 7.54. The van der Waals surface area contributed by atoms with Crippen LogP contribution in [0.3, 0.4) is 0 Å². The Morgan fingerprint density at radius 3 is 2.31 bits per heavy atom. The van der Waals surface area contributed by atoms with E-state index in [0.717, 1.165) is 12.1 Å². The monoisotopic (exact) mass is 228 g/mol. The van der Waals surface area contributed by atoms with E-state index < -0.39 is 29.8 Å². The lowest BCUT2D eigenvalue weighted by atomic mass is 10.1. The van der Waals surface area contributed by atoms with Gasteiger partial charge in [-0.2, -0.15) is 0 Å². The van der Waals surface area contributed by atoms with E-state index in [0.29, 0.717) is 0 Å². The highest BCUT2D eigenvalue weighted by atomic mass is 19.1. The van der Waals surface area contributed by atoms with E-state index in [4.69, 9.17) is 10.2 Å². The number of carboxylic acid groups (broad SMARTS) is 1. The van der Waals surface area contributed by atoms with E-state index in [1.54, 1.807) is 0 Å². The molecular weight excluding hydrogens is 218 g/mol. The average molecular weight is 228 g/mol. The molecule has 0 fully saturated rings. The van der Waals surface area contributed by atoms with Crippen LogP contribution in [0.15, 0.2) is 18.2 Å². The minimum atomic E-state index is -1.02. The summed E-state index contributed by atoms with van der Waals surface area (Å²) in [6.45, 7) is -0.712. The summed E-state index contributed by atoms with van der Waals surface area (Å²) in [7, 11) is 0. The number of carboxylic acids is 1. The molecule has 0 aliphatic carbocycles. The second-order valence-electron chi connectivity index (χ2n) is 3.12. The van der Waals surface area contributed by atoms with Crippen LogP contribution in [0.4, 0.5) is 8.78 Å². The van der Waals surface area contributed by atoms with Crippen molar-refractivity contribution in [3.63, 3.8) is 0 Å². The van der Waals surface area contributed by atoms with Gasteiger partial charge in [0.2, 0.25) is 0 Å². The molecule has 0 saturated carbocycles. The minimum absolute atomic E-state index is 0.216. The number of rotatable bonds is 4. The number of hydrogen-bond acceptors (Lipinski definition) is 2. The van der Waals surface area contributed by atoms with Crippen LogP contribution < -0.4 is 0 Å². The third kappa shape index (κ3) is 3.13. The zero-order valence-corrected chi connectivity index (χ0v) is 8.28. The molecule has 1 aromatic rings. The molecule has 0 radical (unpaired) electrons. The van der Waals surface area contributed by atoms with E-state index in [2.05, 4.69) is 0 Å². The summed E-state index contributed by atoms with van der Waals surface area (Å²) in [5, 5.41) is 17.0. The van der Waals surface area contributed by atoms with E-state index in [-0.39, 0.29) is 12.0 Å². The smallest absolute Gasteiger partial charge is 0.307 e. The maximum absolute atomic E-state index is 13.1. The normalized spacial score (nSPS) is 10.9. The van der Waals surface area contributed by atoms with Crippen molar-refractivity contribution in [2.45, 2.75) is 13.0 Å². The topological polar surface area (TPSA) is 57.5 Å². The van der Waals surface area contributed by atoms with Gasteiger partial charge < -0.3 is 10.2 Å². The maximum Gasteiger partial charge on any atom is 0.307 e. The zero-order valence-electron chi connectivity index (χ0n) is 8.28. The summed E-state index contributed by atoms with van der Waals surface area (Å²) >= 11 is 0. The van der Waals surface area contributed by atoms with Gasteiger partial charge in [-0.1, -0.05) is 12.2 Å². The summed E-state index contributed by atoms with van der Waals surface area (Å²) in [5.74, 6) is -2.72. The summed E-state index contributed by atoms with van der Waals surface area (Å²) in [6.07, 6.45) is 2.38. The lowest BCUT2D eigenvalue weighted by Gasteiger charge is -2.02. The van der Waals surface area contributed by atoms with Crippen LogP contribution in [0.1, 0.15) is 17.5 Å². The fourth-order valence-corrected chi connectivity index (χ4v) is 1.17. The number of aliphatic hydroxyl groups excluding tert-OH is 1. The number of halogens is 2. The van der Waals surface area contributed by atoms with Gasteiger partial charge in [-0.05, 0) is 17.7 Å². The molecule has 0 aromatic heterocycles. The van der Waals surface area contributed by atoms with Crippen molar-refractivity contribution in [2.24, 2.45) is 0 Å². The number of aliphatic carboxylic acids is 1. The highest BCUT2D eigenvalue weighted by Gasteiger charge is 2.08. The Balaban J connectivity index is 2.91. The Morgan fingerprint density at radius 2 is 1.88 bits per heavy atom. The summed E-state index contributed by atoms with van der Waals surface area (Å²) in [5.41, 5.74) is -0.177. The van der Waals surface area contributed by atoms with Gasteiger partial charge in [-0.15, -0.1) is 0 Å². The standard InChI is InChI=1S/C11H10F2O3/c12-9-4-7(2-1-3-11(15)16)5-10(13)8(9)6-14/h1-2,4-5,14H,3,6H2,(H,15,16). The highest BCUT2D eigenvalue weighted by Crippen LogP contribution is 2.16. The molecule has 0 spiro atoms. The zero-order chi connectivity index (χ0) is 12.1. The first-order valence-corrected chi connectivity index (χ1v) is 4.51. The second kappa shape index (κ2) is 5.37. The second-order valence-corrected chi connectivity index (χ2v) is 3.12. The van der Waals surface area contributed by atoms with Gasteiger partial charge >= 0.3 is 5.97 Å². The van der Waals surface area contributed by atoms with Crippen molar-refractivity contribution in [3.8, 4) is 0 Å². The summed E-state index contributed by atoms with van der Waals surface area (Å²) in [6, 6.07) is 2.07. The molecule has 1 aromatic carbocycles. The van der Waals surface area contributed by atoms with Crippen molar-refractivity contribution < 1.29 is 23.8 Å². The Morgan fingerprint density at radius 1 is 1.31 bits per heavy atom. The molecule has 0 amide bonds. The molecule has 5 heteroatoms. The van der Waals surface area contributed by atoms with Crippen molar-refractivity contribution in [1.82, 2.24) is 0 Å². The Hall–Kier alpha value is -1.75. The van der Waals surface area contributed by atoms with Crippen LogP contribution in [0.5, 0.6) is 0 Å². The lowest BCUT2D eigenvalue weighted by Crippen LogP contribution is -1.96. The number of hydrogen-bond donors (Lipinski definition) is 2. The average Bonchev–Trinajstić information content (AvgIpc) is 2.16. The Labute approximate surface area is 90.6 Å². The van der Waals surface area contributed by atoms with Gasteiger partial charge in [0.1, 0.15) is 11.6 Å². The fourth-order valence-electron chi connectivity index (χ4n) is 1.17. The van der Waals surface area contributed by atoms with Crippen LogP contribution in [-0.4, -0.2) is 16.2 Å². The van der Waals surface area contributed by atoms with Crippen molar-refractivity contribution in [2.75, 3.05) is 0 Å². The van der Waals surface area contributed by atoms with Crippen LogP contribution in [0.2, 0.25) is 0 Å². The van der Waals surface area contributed by atoms with Gasteiger partial charge in [0.15, 0.2) is 0 Å². The third-order valence-electron chi connectivity index (χ3n) is 1.92. The molecule has 1 rings (SSSR count). The van der Waals surface area contributed by atoms with Gasteiger partial charge in [0, 0.05) is 5.56 Å². The van der Waals surface area contributed by atoms with Gasteiger partial charge in [-0.25, -0.2) is 8.78 Å². The molecule has 0 atom stereocenters. The van der Waals surface area contributed by atoms with Crippen molar-refractivity contribution in [1.29, 1.82) is 0 Å². The predicted octanol–water partition coefficient (Wildman–Crippen LogP) is 1.95. The van der Waals surface area contributed by atoms with Crippen LogP contribution in [0, 0.1) is 11.6 Å². The van der Waals surface area contributed by atoms with Crippen LogP contribution >= 0.6 is 0 Å². The SMILES string of the molecule is O=C(O)CC=Cc1cc(F)c(CO)c(F)c1. The molecule has 2 N–H and O–H groups in total. The lowest BCUT2D eigenvalue weighted by molar-refractivity contribution is -0.135. The maximum atomic E-state index is 13.1. The van der Waals surface area contributed by atoms with E-state index in [1.165, 1.54) is 12.2 Å². The van der Waals surface area contributed by atoms with E-state index in [9.17, 15) is 13.6 Å². The van der Waals surface area contributed by atoms with Crippen LogP contribution in [0.25, 0.3) is 6.08 Å². The first kappa shape index (κ1) is 12.3. The van der Waals surface area contributed by atoms with Gasteiger partial charge in [0.25, 0.3) is 0 Å². The number of benzene rings is 1. The Bertz CT molecular complexity index is 404. The third-order valence-corrected chi connectivity index (χ3v) is 1.92. The molecule has 3 nitrogen and oxygen atoms in total. The first-order valence-electron chi connectivity index (χ1n) is 4.51. The quantitative estimate of drug-likeness (QED) is 0.828. The molecule has 0 heterocycles. The molecule has 16 heavy (non-hydrogen) atoms. The highest BCUT2D eigenvalue weighted by molar-refractivity contribution is 5.70. The molecule has 0 saturated heterocycles. The van der Waals surface area contributed by atoms with Crippen molar-refractivity contribution in [3.05, 3.63) is 41.0 Å².